The van der Waals surface area contributed by atoms with Gasteiger partial charge in [-0.15, -0.1) is 0 Å². The molecule has 0 aliphatic carbocycles. The minimum Gasteiger partial charge on any atom is -0.372 e. The number of carbonyl (C=O) groups is 1. The standard InChI is InChI=1S/C24H30N6O3S/c25-18-20-6-4-11-26-24(20)30-15-5-14-29(16-17-30)23(31)19-34(32,33)27-21-7-9-22(10-8-21)28-12-2-1-3-13-28/h4,6-11,27H,1-3,5,12-17,19H2. The molecule has 34 heavy (non-hydrogen) atoms. The Morgan fingerprint density at radius 2 is 1.68 bits per heavy atom. The van der Waals surface area contributed by atoms with Gasteiger partial charge in [-0.3, -0.25) is 9.52 Å². The van der Waals surface area contributed by atoms with E-state index in [-0.39, 0.29) is 0 Å². The van der Waals surface area contributed by atoms with Crippen molar-refractivity contribution < 1.29 is 13.2 Å². The molecule has 2 fully saturated rings. The van der Waals surface area contributed by atoms with Crippen LogP contribution in [0.4, 0.5) is 17.2 Å². The van der Waals surface area contributed by atoms with Crippen LogP contribution in [0, 0.1) is 11.3 Å². The molecule has 2 aliphatic heterocycles. The Morgan fingerprint density at radius 3 is 2.41 bits per heavy atom. The lowest BCUT2D eigenvalue weighted by molar-refractivity contribution is -0.128. The molecule has 0 atom stereocenters. The molecule has 2 aromatic rings. The number of nitriles is 1. The van der Waals surface area contributed by atoms with Crippen LogP contribution < -0.4 is 14.5 Å². The molecular formula is C24H30N6O3S. The number of carbonyl (C=O) groups excluding carboxylic acids is 1. The van der Waals surface area contributed by atoms with Gasteiger partial charge in [-0.2, -0.15) is 5.26 Å². The molecule has 9 nitrogen and oxygen atoms in total. The van der Waals surface area contributed by atoms with Crippen LogP contribution in [0.2, 0.25) is 0 Å². The smallest absolute Gasteiger partial charge is 0.241 e. The van der Waals surface area contributed by atoms with E-state index in [2.05, 4.69) is 20.7 Å². The summed E-state index contributed by atoms with van der Waals surface area (Å²) in [5.41, 5.74) is 2.02. The summed E-state index contributed by atoms with van der Waals surface area (Å²) in [5, 5.41) is 9.33. The second-order valence-corrected chi connectivity index (χ2v) is 10.4. The van der Waals surface area contributed by atoms with Crippen LogP contribution >= 0.6 is 0 Å². The fraction of sp³-hybridized carbons (Fsp3) is 0.458. The van der Waals surface area contributed by atoms with E-state index in [0.717, 1.165) is 18.8 Å². The Balaban J connectivity index is 1.33. The van der Waals surface area contributed by atoms with Gasteiger partial charge in [-0.05, 0) is 62.1 Å². The number of anilines is 3. The van der Waals surface area contributed by atoms with Crippen LogP contribution in [0.1, 0.15) is 31.2 Å². The molecule has 0 radical (unpaired) electrons. The number of nitrogens with zero attached hydrogens (tertiary/aromatic N) is 5. The zero-order chi connectivity index (χ0) is 24.0. The molecule has 0 bridgehead atoms. The molecule has 1 aromatic heterocycles. The van der Waals surface area contributed by atoms with Crippen LogP contribution in [-0.4, -0.2) is 69.2 Å². The normalized spacial score (nSPS) is 17.1. The Labute approximate surface area is 201 Å². The van der Waals surface area contributed by atoms with Crippen molar-refractivity contribution in [1.82, 2.24) is 9.88 Å². The molecule has 180 valence electrons. The number of aromatic nitrogens is 1. The summed E-state index contributed by atoms with van der Waals surface area (Å²) in [6.45, 7) is 4.01. The van der Waals surface area contributed by atoms with Crippen molar-refractivity contribution in [1.29, 1.82) is 5.26 Å². The quantitative estimate of drug-likeness (QED) is 0.673. The number of hydrogen-bond acceptors (Lipinski definition) is 7. The zero-order valence-electron chi connectivity index (χ0n) is 19.2. The molecule has 0 saturated carbocycles. The van der Waals surface area contributed by atoms with Gasteiger partial charge in [-0.1, -0.05) is 0 Å². The third-order valence-electron chi connectivity index (χ3n) is 6.23. The number of hydrogen-bond donors (Lipinski definition) is 1. The van der Waals surface area contributed by atoms with E-state index < -0.39 is 21.7 Å². The van der Waals surface area contributed by atoms with Gasteiger partial charge in [0.2, 0.25) is 15.9 Å². The molecule has 0 unspecified atom stereocenters. The first kappa shape index (κ1) is 23.8. The number of benzene rings is 1. The number of sulfonamides is 1. The van der Waals surface area contributed by atoms with Crippen molar-refractivity contribution in [3.05, 3.63) is 48.2 Å². The summed E-state index contributed by atoms with van der Waals surface area (Å²) in [6.07, 6.45) is 5.90. The van der Waals surface area contributed by atoms with E-state index in [0.29, 0.717) is 49.7 Å². The van der Waals surface area contributed by atoms with E-state index >= 15 is 0 Å². The average Bonchev–Trinajstić information content (AvgIpc) is 3.11. The number of pyridine rings is 1. The van der Waals surface area contributed by atoms with Gasteiger partial charge < -0.3 is 14.7 Å². The highest BCUT2D eigenvalue weighted by molar-refractivity contribution is 7.93. The first-order valence-corrected chi connectivity index (χ1v) is 13.3. The van der Waals surface area contributed by atoms with E-state index in [9.17, 15) is 18.5 Å². The number of piperidine rings is 1. The van der Waals surface area contributed by atoms with Gasteiger partial charge >= 0.3 is 0 Å². The lowest BCUT2D eigenvalue weighted by Gasteiger charge is -2.28. The molecular weight excluding hydrogens is 452 g/mol. The predicted octanol–water partition coefficient (Wildman–Crippen LogP) is 2.42. The largest absolute Gasteiger partial charge is 0.372 e. The lowest BCUT2D eigenvalue weighted by Crippen LogP contribution is -2.39. The molecule has 3 heterocycles. The molecule has 2 aliphatic rings. The molecule has 2 saturated heterocycles. The maximum Gasteiger partial charge on any atom is 0.241 e. The van der Waals surface area contributed by atoms with E-state index in [4.69, 9.17) is 0 Å². The minimum absolute atomic E-state index is 0.375. The van der Waals surface area contributed by atoms with Gasteiger partial charge in [-0.25, -0.2) is 13.4 Å². The Bertz CT molecular complexity index is 1140. The van der Waals surface area contributed by atoms with Crippen LogP contribution in [-0.2, 0) is 14.8 Å². The van der Waals surface area contributed by atoms with E-state index in [1.165, 1.54) is 19.3 Å². The second-order valence-electron chi connectivity index (χ2n) is 8.66. The fourth-order valence-corrected chi connectivity index (χ4v) is 5.55. The number of nitrogens with one attached hydrogen (secondary N) is 1. The maximum atomic E-state index is 12.8. The molecule has 10 heteroatoms. The predicted molar refractivity (Wildman–Crippen MR) is 132 cm³/mol. The van der Waals surface area contributed by atoms with Crippen molar-refractivity contribution in [2.24, 2.45) is 0 Å². The average molecular weight is 483 g/mol. The number of rotatable bonds is 6. The van der Waals surface area contributed by atoms with Gasteiger partial charge in [0.05, 0.1) is 5.56 Å². The first-order chi connectivity index (χ1) is 16.4. The van der Waals surface area contributed by atoms with Crippen LogP contribution in [0.15, 0.2) is 42.6 Å². The van der Waals surface area contributed by atoms with Crippen LogP contribution in [0.25, 0.3) is 0 Å². The van der Waals surface area contributed by atoms with Crippen LogP contribution in [0.5, 0.6) is 0 Å². The Morgan fingerprint density at radius 1 is 0.941 bits per heavy atom. The summed E-state index contributed by atoms with van der Waals surface area (Å²) in [4.78, 5) is 23.0. The summed E-state index contributed by atoms with van der Waals surface area (Å²) in [5.74, 6) is -0.434. The second kappa shape index (κ2) is 10.7. The first-order valence-electron chi connectivity index (χ1n) is 11.7. The number of amides is 1. The molecule has 0 spiro atoms. The molecule has 4 rings (SSSR count). The van der Waals surface area contributed by atoms with Crippen molar-refractivity contribution in [3.63, 3.8) is 0 Å². The topological polar surface area (TPSA) is 110 Å². The van der Waals surface area contributed by atoms with Crippen molar-refractivity contribution in [3.8, 4) is 6.07 Å². The Hall–Kier alpha value is -3.32. The van der Waals surface area contributed by atoms with Crippen molar-refractivity contribution in [2.45, 2.75) is 25.7 Å². The molecule has 1 amide bonds. The molecule has 1 aromatic carbocycles. The minimum atomic E-state index is -3.83. The maximum absolute atomic E-state index is 12.8. The highest BCUT2D eigenvalue weighted by Gasteiger charge is 2.25. The lowest BCUT2D eigenvalue weighted by atomic mass is 10.1. The fourth-order valence-electron chi connectivity index (χ4n) is 4.48. The van der Waals surface area contributed by atoms with E-state index in [1.54, 1.807) is 35.4 Å². The van der Waals surface area contributed by atoms with Gasteiger partial charge in [0.15, 0.2) is 0 Å². The van der Waals surface area contributed by atoms with Crippen molar-refractivity contribution in [2.75, 3.05) is 59.5 Å². The Kier molecular flexibility index (Phi) is 7.53. The summed E-state index contributed by atoms with van der Waals surface area (Å²) in [6, 6.07) is 12.9. The summed E-state index contributed by atoms with van der Waals surface area (Å²) in [7, 11) is -3.83. The van der Waals surface area contributed by atoms with Gasteiger partial charge in [0.25, 0.3) is 0 Å². The van der Waals surface area contributed by atoms with Gasteiger partial charge in [0, 0.05) is 56.8 Å². The summed E-state index contributed by atoms with van der Waals surface area (Å²) >= 11 is 0. The van der Waals surface area contributed by atoms with Crippen LogP contribution in [0.3, 0.4) is 0 Å². The SMILES string of the molecule is N#Cc1cccnc1N1CCCN(C(=O)CS(=O)(=O)Nc2ccc(N3CCCCC3)cc2)CC1. The summed E-state index contributed by atoms with van der Waals surface area (Å²) < 4.78 is 27.9. The highest BCUT2D eigenvalue weighted by Crippen LogP contribution is 2.23. The third-order valence-corrected chi connectivity index (χ3v) is 7.40. The third kappa shape index (κ3) is 5.97. The highest BCUT2D eigenvalue weighted by atomic mass is 32.2. The van der Waals surface area contributed by atoms with Gasteiger partial charge in [0.1, 0.15) is 17.6 Å². The zero-order valence-corrected chi connectivity index (χ0v) is 20.0. The van der Waals surface area contributed by atoms with E-state index in [1.807, 2.05) is 17.0 Å². The molecule has 1 N–H and O–H groups in total. The van der Waals surface area contributed by atoms with Crippen molar-refractivity contribution >= 4 is 33.1 Å². The monoisotopic (exact) mass is 482 g/mol.